The first-order valence-electron chi connectivity index (χ1n) is 8.36. The Morgan fingerprint density at radius 3 is 2.43 bits per heavy atom. The van der Waals surface area contributed by atoms with Crippen LogP contribution >= 0.6 is 24.0 Å². The number of hydrogen-bond donors (Lipinski definition) is 2. The van der Waals surface area contributed by atoms with Gasteiger partial charge in [0, 0.05) is 12.6 Å². The van der Waals surface area contributed by atoms with Gasteiger partial charge in [-0.05, 0) is 36.2 Å². The Balaban J connectivity index is 0.00000392. The molecule has 0 saturated carbocycles. The van der Waals surface area contributed by atoms with E-state index in [2.05, 4.69) is 10.3 Å². The van der Waals surface area contributed by atoms with Crippen LogP contribution in [0.4, 0.5) is 8.78 Å². The lowest BCUT2D eigenvalue weighted by Gasteiger charge is -2.10. The summed E-state index contributed by atoms with van der Waals surface area (Å²) in [5, 5.41) is 2.87. The van der Waals surface area contributed by atoms with E-state index in [9.17, 15) is 8.78 Å². The highest BCUT2D eigenvalue weighted by atomic mass is 127. The predicted molar refractivity (Wildman–Crippen MR) is 115 cm³/mol. The van der Waals surface area contributed by atoms with Crippen molar-refractivity contribution in [1.29, 1.82) is 0 Å². The van der Waals surface area contributed by atoms with Crippen molar-refractivity contribution in [3.63, 3.8) is 0 Å². The van der Waals surface area contributed by atoms with Gasteiger partial charge in [-0.3, -0.25) is 4.99 Å². The summed E-state index contributed by atoms with van der Waals surface area (Å²) in [4.78, 5) is 4.22. The predicted octanol–water partition coefficient (Wildman–Crippen LogP) is 3.13. The second-order valence-corrected chi connectivity index (χ2v) is 5.56. The van der Waals surface area contributed by atoms with E-state index in [1.165, 1.54) is 6.07 Å². The quantitative estimate of drug-likeness (QED) is 0.236. The van der Waals surface area contributed by atoms with E-state index in [1.54, 1.807) is 14.2 Å². The van der Waals surface area contributed by atoms with E-state index < -0.39 is 11.6 Å². The zero-order valence-corrected chi connectivity index (χ0v) is 18.0. The highest BCUT2D eigenvalue weighted by Gasteiger charge is 2.05. The molecular weight excluding hydrogens is 483 g/mol. The fourth-order valence-electron chi connectivity index (χ4n) is 2.33. The number of benzene rings is 2. The highest BCUT2D eigenvalue weighted by Crippen LogP contribution is 2.27. The van der Waals surface area contributed by atoms with Crippen molar-refractivity contribution >= 4 is 29.9 Å². The van der Waals surface area contributed by atoms with Gasteiger partial charge in [0.15, 0.2) is 29.0 Å². The van der Waals surface area contributed by atoms with E-state index >= 15 is 0 Å². The molecule has 0 aliphatic heterocycles. The third-order valence-corrected chi connectivity index (χ3v) is 3.69. The van der Waals surface area contributed by atoms with Crippen LogP contribution in [0.5, 0.6) is 17.2 Å². The average Bonchev–Trinajstić information content (AvgIpc) is 2.66. The van der Waals surface area contributed by atoms with Crippen LogP contribution in [-0.4, -0.2) is 39.9 Å². The number of guanidine groups is 1. The highest BCUT2D eigenvalue weighted by molar-refractivity contribution is 14.0. The Bertz CT molecular complexity index is 791. The second-order valence-electron chi connectivity index (χ2n) is 5.56. The van der Waals surface area contributed by atoms with Crippen LogP contribution in [0.2, 0.25) is 0 Å². The van der Waals surface area contributed by atoms with Gasteiger partial charge in [0.25, 0.3) is 0 Å². The van der Waals surface area contributed by atoms with Crippen LogP contribution in [0.3, 0.4) is 0 Å². The molecule has 0 aliphatic carbocycles. The lowest BCUT2D eigenvalue weighted by molar-refractivity contribution is 0.305. The molecule has 0 heterocycles. The molecule has 3 N–H and O–H groups in total. The third-order valence-electron chi connectivity index (χ3n) is 3.69. The summed E-state index contributed by atoms with van der Waals surface area (Å²) in [6.45, 7) is 0.985. The molecule has 0 amide bonds. The molecule has 154 valence electrons. The van der Waals surface area contributed by atoms with Gasteiger partial charge in [0.1, 0.15) is 12.4 Å². The van der Waals surface area contributed by atoms with Gasteiger partial charge in [-0.2, -0.15) is 0 Å². The van der Waals surface area contributed by atoms with E-state index in [0.29, 0.717) is 31.0 Å². The van der Waals surface area contributed by atoms with Gasteiger partial charge in [-0.25, -0.2) is 8.78 Å². The molecule has 0 saturated heterocycles. The molecule has 2 rings (SSSR count). The van der Waals surface area contributed by atoms with Crippen LogP contribution in [0, 0.1) is 11.6 Å². The molecule has 0 unspecified atom stereocenters. The lowest BCUT2D eigenvalue weighted by atomic mass is 10.1. The minimum Gasteiger partial charge on any atom is -0.493 e. The number of nitrogens with zero attached hydrogens (tertiary/aromatic N) is 1. The molecule has 0 aliphatic rings. The van der Waals surface area contributed by atoms with Crippen molar-refractivity contribution in [2.75, 3.05) is 33.9 Å². The largest absolute Gasteiger partial charge is 0.493 e. The lowest BCUT2D eigenvalue weighted by Crippen LogP contribution is -2.35. The van der Waals surface area contributed by atoms with Crippen molar-refractivity contribution in [3.05, 3.63) is 53.6 Å². The summed E-state index contributed by atoms with van der Waals surface area (Å²) in [5.74, 6) is 0.190. The minimum absolute atomic E-state index is 0. The maximum Gasteiger partial charge on any atom is 0.188 e. The van der Waals surface area contributed by atoms with Crippen LogP contribution in [-0.2, 0) is 6.42 Å². The third kappa shape index (κ3) is 7.37. The number of hydrogen-bond acceptors (Lipinski definition) is 4. The van der Waals surface area contributed by atoms with Crippen LogP contribution in [0.1, 0.15) is 5.56 Å². The van der Waals surface area contributed by atoms with Crippen LogP contribution < -0.4 is 25.3 Å². The molecule has 0 bridgehead atoms. The van der Waals surface area contributed by atoms with Crippen molar-refractivity contribution < 1.29 is 23.0 Å². The van der Waals surface area contributed by atoms with Gasteiger partial charge in [0.05, 0.1) is 20.8 Å². The van der Waals surface area contributed by atoms with E-state index in [1.807, 2.05) is 18.2 Å². The smallest absolute Gasteiger partial charge is 0.188 e. The number of ether oxygens (including phenoxy) is 3. The Labute approximate surface area is 180 Å². The zero-order valence-electron chi connectivity index (χ0n) is 15.7. The Kier molecular flexibility index (Phi) is 10.4. The monoisotopic (exact) mass is 507 g/mol. The molecule has 0 atom stereocenters. The Morgan fingerprint density at radius 2 is 1.75 bits per heavy atom. The summed E-state index contributed by atoms with van der Waals surface area (Å²) in [6, 6.07) is 8.81. The number of methoxy groups -OCH3 is 2. The van der Waals surface area contributed by atoms with Gasteiger partial charge in [-0.15, -0.1) is 24.0 Å². The maximum atomic E-state index is 13.4. The molecule has 6 nitrogen and oxygen atoms in total. The number of nitrogens with two attached hydrogens (primary N) is 1. The Morgan fingerprint density at radius 1 is 1.04 bits per heavy atom. The van der Waals surface area contributed by atoms with Gasteiger partial charge < -0.3 is 25.3 Å². The van der Waals surface area contributed by atoms with Gasteiger partial charge in [0.2, 0.25) is 0 Å². The zero-order chi connectivity index (χ0) is 19.6. The fourth-order valence-corrected chi connectivity index (χ4v) is 2.33. The van der Waals surface area contributed by atoms with Crippen molar-refractivity contribution in [3.8, 4) is 17.2 Å². The molecule has 0 aromatic heterocycles. The first kappa shape index (κ1) is 23.7. The summed E-state index contributed by atoms with van der Waals surface area (Å²) in [5.41, 5.74) is 6.82. The number of nitrogens with one attached hydrogen (secondary N) is 1. The van der Waals surface area contributed by atoms with E-state index in [-0.39, 0.29) is 42.3 Å². The van der Waals surface area contributed by atoms with E-state index in [4.69, 9.17) is 19.9 Å². The van der Waals surface area contributed by atoms with Gasteiger partial charge in [-0.1, -0.05) is 6.07 Å². The molecule has 9 heteroatoms. The number of halogens is 3. The molecule has 0 spiro atoms. The molecule has 2 aromatic carbocycles. The minimum atomic E-state index is -0.744. The number of aliphatic imine (C=N–C) groups is 1. The van der Waals surface area contributed by atoms with E-state index in [0.717, 1.165) is 17.7 Å². The fraction of sp³-hybridized carbons (Fsp3) is 0.316. The SMILES string of the molecule is COc1ccc(CCN=C(N)NCCOc2ccc(F)cc2F)cc1OC.I. The van der Waals surface area contributed by atoms with Crippen molar-refractivity contribution in [1.82, 2.24) is 5.32 Å². The summed E-state index contributed by atoms with van der Waals surface area (Å²) >= 11 is 0. The molecule has 0 fully saturated rings. The average molecular weight is 507 g/mol. The molecule has 28 heavy (non-hydrogen) atoms. The standard InChI is InChI=1S/C19H23F2N3O3.HI/c1-25-17-5-3-13(11-18(17)26-2)7-8-23-19(22)24-9-10-27-16-6-4-14(20)12-15(16)21;/h3-6,11-12H,7-10H2,1-2H3,(H3,22,23,24);1H. The molecule has 0 radical (unpaired) electrons. The Hall–Kier alpha value is -2.30. The van der Waals surface area contributed by atoms with Crippen LogP contribution in [0.25, 0.3) is 0 Å². The summed E-state index contributed by atoms with van der Waals surface area (Å²) < 4.78 is 41.9. The van der Waals surface area contributed by atoms with Gasteiger partial charge >= 0.3 is 0 Å². The summed E-state index contributed by atoms with van der Waals surface area (Å²) in [6.07, 6.45) is 0.681. The molecule has 2 aromatic rings. The summed E-state index contributed by atoms with van der Waals surface area (Å²) in [7, 11) is 3.17. The van der Waals surface area contributed by atoms with Crippen molar-refractivity contribution in [2.24, 2.45) is 10.7 Å². The topological polar surface area (TPSA) is 78.1 Å². The normalized spacial score (nSPS) is 10.8. The second kappa shape index (κ2) is 12.2. The number of rotatable bonds is 9. The van der Waals surface area contributed by atoms with Crippen molar-refractivity contribution in [2.45, 2.75) is 6.42 Å². The molecular formula is C19H24F2IN3O3. The first-order chi connectivity index (χ1) is 13.0. The maximum absolute atomic E-state index is 13.4. The van der Waals surface area contributed by atoms with Crippen LogP contribution in [0.15, 0.2) is 41.4 Å². The first-order valence-corrected chi connectivity index (χ1v) is 8.36.